The first-order valence-electron chi connectivity index (χ1n) is 4.11. The molecular weight excluding hydrogens is 368 g/mol. The number of nitrogens with two attached hydrogens (primary N) is 2. The summed E-state index contributed by atoms with van der Waals surface area (Å²) in [5.74, 6) is 0. The molecule has 1 aromatic carbocycles. The van der Waals surface area contributed by atoms with E-state index in [1.807, 2.05) is 0 Å². The lowest BCUT2D eigenvalue weighted by molar-refractivity contribution is -0.0435. The maximum absolute atomic E-state index is 12.3. The maximum atomic E-state index is 12.3. The van der Waals surface area contributed by atoms with Gasteiger partial charge in [0.05, 0.1) is 5.69 Å². The van der Waals surface area contributed by atoms with Crippen LogP contribution in [-0.4, -0.2) is 22.3 Å². The van der Waals surface area contributed by atoms with Crippen LogP contribution in [0.2, 0.25) is 0 Å². The summed E-state index contributed by atoms with van der Waals surface area (Å²) in [7, 11) is -10.2. The van der Waals surface area contributed by atoms with Gasteiger partial charge in [-0.3, -0.25) is 0 Å². The van der Waals surface area contributed by atoms with Gasteiger partial charge in [0.2, 0.25) is 10.0 Å². The van der Waals surface area contributed by atoms with Crippen molar-refractivity contribution in [1.29, 1.82) is 0 Å². The molecule has 0 amide bonds. The van der Waals surface area contributed by atoms with Gasteiger partial charge in [-0.1, -0.05) is 6.07 Å². The summed E-state index contributed by atoms with van der Waals surface area (Å²) >= 11 is 0. The second-order valence-corrected chi connectivity index (χ2v) is 6.60. The number of benzene rings is 1. The molecule has 0 spiro atoms. The highest BCUT2D eigenvalue weighted by molar-refractivity contribution is 7.92. The van der Waals surface area contributed by atoms with Crippen molar-refractivity contribution < 1.29 is 30.0 Å². The van der Waals surface area contributed by atoms with Crippen LogP contribution in [0.4, 0.5) is 18.9 Å². The van der Waals surface area contributed by atoms with Gasteiger partial charge in [0.15, 0.2) is 0 Å². The molecule has 0 atom stereocenters. The van der Waals surface area contributed by atoms with Gasteiger partial charge in [-0.15, -0.1) is 24.8 Å². The van der Waals surface area contributed by atoms with Gasteiger partial charge in [0.25, 0.3) is 9.84 Å². The Bertz CT molecular complexity index is 689. The Hall–Kier alpha value is -0.750. The smallest absolute Gasteiger partial charge is 0.397 e. The van der Waals surface area contributed by atoms with E-state index >= 15 is 0 Å². The summed E-state index contributed by atoms with van der Waals surface area (Å²) in [6.45, 7) is 0. The number of rotatable bonds is 2. The third kappa shape index (κ3) is 3.88. The van der Waals surface area contributed by atoms with Gasteiger partial charge >= 0.3 is 5.51 Å². The third-order valence-corrected chi connectivity index (χ3v) is 4.44. The van der Waals surface area contributed by atoms with E-state index < -0.39 is 40.8 Å². The molecule has 0 aliphatic carbocycles. The number of anilines is 1. The van der Waals surface area contributed by atoms with Gasteiger partial charge < -0.3 is 5.73 Å². The highest BCUT2D eigenvalue weighted by Crippen LogP contribution is 2.35. The van der Waals surface area contributed by atoms with Crippen LogP contribution in [-0.2, 0) is 19.9 Å². The van der Waals surface area contributed by atoms with Crippen LogP contribution in [0.25, 0.3) is 0 Å². The summed E-state index contributed by atoms with van der Waals surface area (Å²) < 4.78 is 81.1. The summed E-state index contributed by atoms with van der Waals surface area (Å²) in [4.78, 5) is -2.23. The largest absolute Gasteiger partial charge is 0.501 e. The molecule has 0 heterocycles. The number of alkyl halides is 3. The highest BCUT2D eigenvalue weighted by Gasteiger charge is 2.48. The number of halogens is 5. The number of sulfonamides is 1. The number of nitrogen functional groups attached to an aromatic ring is 1. The Kier molecular flexibility index (Phi) is 6.84. The molecule has 0 aromatic heterocycles. The Balaban J connectivity index is 0. The molecule has 0 bridgehead atoms. The van der Waals surface area contributed by atoms with E-state index in [-0.39, 0.29) is 24.8 Å². The van der Waals surface area contributed by atoms with E-state index in [0.29, 0.717) is 6.07 Å². The van der Waals surface area contributed by atoms with Crippen molar-refractivity contribution in [2.24, 2.45) is 5.14 Å². The van der Waals surface area contributed by atoms with Crippen molar-refractivity contribution in [3.63, 3.8) is 0 Å². The van der Waals surface area contributed by atoms with Crippen molar-refractivity contribution >= 4 is 50.4 Å². The van der Waals surface area contributed by atoms with Gasteiger partial charge in [-0.05, 0) is 12.1 Å². The number of sulfone groups is 1. The fraction of sp³-hybridized carbons (Fsp3) is 0.143. The molecule has 1 rings (SSSR count). The molecule has 118 valence electrons. The SMILES string of the molecule is Cl.Cl.Nc1c(S(N)(=O)=O)cccc1S(=O)(=O)C(F)(F)F. The molecule has 0 fully saturated rings. The van der Waals surface area contributed by atoms with E-state index in [4.69, 9.17) is 10.9 Å². The first kappa shape index (κ1) is 21.5. The van der Waals surface area contributed by atoms with Crippen LogP contribution in [0.1, 0.15) is 0 Å². The average Bonchev–Trinajstić information content (AvgIpc) is 2.13. The predicted molar refractivity (Wildman–Crippen MR) is 70.0 cm³/mol. The average molecular weight is 377 g/mol. The van der Waals surface area contributed by atoms with Crippen LogP contribution in [0.5, 0.6) is 0 Å². The van der Waals surface area contributed by atoms with E-state index in [2.05, 4.69) is 0 Å². The highest BCUT2D eigenvalue weighted by atomic mass is 35.5. The first-order chi connectivity index (χ1) is 7.89. The lowest BCUT2D eigenvalue weighted by Crippen LogP contribution is -2.25. The molecule has 0 radical (unpaired) electrons. The van der Waals surface area contributed by atoms with E-state index in [1.165, 1.54) is 0 Å². The molecule has 0 unspecified atom stereocenters. The normalized spacial score (nSPS) is 12.2. The van der Waals surface area contributed by atoms with Crippen molar-refractivity contribution in [3.05, 3.63) is 18.2 Å². The standard InChI is InChI=1S/C7H7F3N2O4S2.2ClH/c8-7(9,10)17(13,14)4-2-1-3-5(6(4)11)18(12,15)16;;/h1-3H,11H2,(H2,12,15,16);2*1H. The molecule has 13 heteroatoms. The van der Waals surface area contributed by atoms with E-state index in [9.17, 15) is 30.0 Å². The Morgan fingerprint density at radius 3 is 1.70 bits per heavy atom. The number of hydrogen-bond acceptors (Lipinski definition) is 5. The number of hydrogen-bond donors (Lipinski definition) is 2. The second-order valence-electron chi connectivity index (χ2n) is 3.16. The first-order valence-corrected chi connectivity index (χ1v) is 7.14. The van der Waals surface area contributed by atoms with Crippen molar-refractivity contribution in [1.82, 2.24) is 0 Å². The van der Waals surface area contributed by atoms with Crippen molar-refractivity contribution in [3.8, 4) is 0 Å². The van der Waals surface area contributed by atoms with Gasteiger partial charge in [0, 0.05) is 0 Å². The Labute approximate surface area is 125 Å². The number of para-hydroxylation sites is 1. The summed E-state index contributed by atoms with van der Waals surface area (Å²) in [5, 5.41) is 4.69. The lowest BCUT2D eigenvalue weighted by Gasteiger charge is -2.12. The Morgan fingerprint density at radius 2 is 1.35 bits per heavy atom. The molecule has 6 nitrogen and oxygen atoms in total. The number of primary sulfonamides is 1. The molecule has 0 saturated heterocycles. The Morgan fingerprint density at radius 1 is 0.950 bits per heavy atom. The minimum absolute atomic E-state index is 0. The lowest BCUT2D eigenvalue weighted by atomic mass is 10.3. The quantitative estimate of drug-likeness (QED) is 0.747. The predicted octanol–water partition coefficient (Wildman–Crippen LogP) is 1.05. The van der Waals surface area contributed by atoms with E-state index in [0.717, 1.165) is 12.1 Å². The summed E-state index contributed by atoms with van der Waals surface area (Å²) in [6, 6.07) is 2.15. The van der Waals surface area contributed by atoms with Crippen molar-refractivity contribution in [2.45, 2.75) is 15.3 Å². The zero-order chi connectivity index (χ0) is 14.4. The minimum atomic E-state index is -5.73. The van der Waals surface area contributed by atoms with Gasteiger partial charge in [0.1, 0.15) is 9.79 Å². The third-order valence-electron chi connectivity index (χ3n) is 1.93. The fourth-order valence-corrected chi connectivity index (χ4v) is 2.79. The topological polar surface area (TPSA) is 120 Å². The monoisotopic (exact) mass is 376 g/mol. The molecule has 1 aromatic rings. The fourth-order valence-electron chi connectivity index (χ4n) is 1.13. The minimum Gasteiger partial charge on any atom is -0.397 e. The molecule has 0 aliphatic heterocycles. The van der Waals surface area contributed by atoms with Crippen LogP contribution < -0.4 is 10.9 Å². The van der Waals surface area contributed by atoms with Crippen LogP contribution in [0, 0.1) is 0 Å². The van der Waals surface area contributed by atoms with Crippen molar-refractivity contribution in [2.75, 3.05) is 5.73 Å². The zero-order valence-corrected chi connectivity index (χ0v) is 12.6. The van der Waals surface area contributed by atoms with Crippen LogP contribution >= 0.6 is 24.8 Å². The van der Waals surface area contributed by atoms with E-state index in [1.54, 1.807) is 0 Å². The molecular formula is C7H9Cl2F3N2O4S2. The zero-order valence-electron chi connectivity index (χ0n) is 9.29. The van der Waals surface area contributed by atoms with Gasteiger partial charge in [-0.2, -0.15) is 13.2 Å². The maximum Gasteiger partial charge on any atom is 0.501 e. The summed E-state index contributed by atoms with van der Waals surface area (Å²) in [6.07, 6.45) is 0. The van der Waals surface area contributed by atoms with Gasteiger partial charge in [-0.25, -0.2) is 22.0 Å². The molecule has 4 N–H and O–H groups in total. The second kappa shape index (κ2) is 6.35. The summed E-state index contributed by atoms with van der Waals surface area (Å²) in [5.41, 5.74) is -1.53. The molecule has 20 heavy (non-hydrogen) atoms. The molecule has 0 saturated carbocycles. The van der Waals surface area contributed by atoms with Crippen LogP contribution in [0.15, 0.2) is 28.0 Å². The molecule has 0 aliphatic rings. The van der Waals surface area contributed by atoms with Crippen LogP contribution in [0.3, 0.4) is 0 Å².